The van der Waals surface area contributed by atoms with Crippen molar-refractivity contribution in [3.63, 3.8) is 0 Å². The van der Waals surface area contributed by atoms with Gasteiger partial charge in [-0.05, 0) is 60.6 Å². The Morgan fingerprint density at radius 3 is 2.12 bits per heavy atom. The SMILES string of the molecule is NS(=O)(=O)c1ccc(CCNC(=S)Nc2ccc(C(F)(F)F)cc2)cc1. The summed E-state index contributed by atoms with van der Waals surface area (Å²) in [6.07, 6.45) is -3.81. The van der Waals surface area contributed by atoms with Crippen molar-refractivity contribution >= 4 is 33.0 Å². The highest BCUT2D eigenvalue weighted by Gasteiger charge is 2.29. The molecule has 0 aliphatic heterocycles. The second-order valence-corrected chi connectivity index (χ2v) is 7.36. The molecular weight excluding hydrogens is 387 g/mol. The van der Waals surface area contributed by atoms with E-state index < -0.39 is 21.8 Å². The summed E-state index contributed by atoms with van der Waals surface area (Å²) in [5.74, 6) is 0. The first-order valence-electron chi connectivity index (χ1n) is 7.39. The van der Waals surface area contributed by atoms with Crippen molar-refractivity contribution in [3.05, 3.63) is 59.7 Å². The van der Waals surface area contributed by atoms with Crippen molar-refractivity contribution in [2.75, 3.05) is 11.9 Å². The molecule has 0 aliphatic rings. The molecule has 26 heavy (non-hydrogen) atoms. The second kappa shape index (κ2) is 8.02. The van der Waals surface area contributed by atoms with Gasteiger partial charge in [-0.15, -0.1) is 0 Å². The van der Waals surface area contributed by atoms with Crippen LogP contribution in [0.4, 0.5) is 18.9 Å². The molecule has 0 amide bonds. The molecule has 2 rings (SSSR count). The van der Waals surface area contributed by atoms with E-state index in [-0.39, 0.29) is 10.0 Å². The molecule has 0 heterocycles. The Bertz CT molecular complexity index is 865. The van der Waals surface area contributed by atoms with Gasteiger partial charge < -0.3 is 10.6 Å². The number of benzene rings is 2. The quantitative estimate of drug-likeness (QED) is 0.669. The van der Waals surface area contributed by atoms with Gasteiger partial charge in [0.15, 0.2) is 5.11 Å². The molecule has 10 heteroatoms. The van der Waals surface area contributed by atoms with Crippen molar-refractivity contribution in [1.29, 1.82) is 0 Å². The molecule has 0 unspecified atom stereocenters. The number of rotatable bonds is 5. The summed E-state index contributed by atoms with van der Waals surface area (Å²) in [4.78, 5) is 0.0358. The van der Waals surface area contributed by atoms with Crippen LogP contribution in [0.3, 0.4) is 0 Å². The van der Waals surface area contributed by atoms with Gasteiger partial charge in [0.2, 0.25) is 10.0 Å². The summed E-state index contributed by atoms with van der Waals surface area (Å²) in [5.41, 5.74) is 0.583. The third kappa shape index (κ3) is 5.97. The Labute approximate surface area is 154 Å². The number of hydrogen-bond donors (Lipinski definition) is 3. The van der Waals surface area contributed by atoms with Crippen LogP contribution in [0.25, 0.3) is 0 Å². The molecular formula is C16H16F3N3O2S2. The standard InChI is InChI=1S/C16H16F3N3O2S2/c17-16(18,19)12-3-5-13(6-4-12)22-15(25)21-10-9-11-1-7-14(8-2-11)26(20,23)24/h1-8H,9-10H2,(H2,20,23,24)(H2,21,22,25). The normalized spacial score (nSPS) is 11.8. The van der Waals surface area contributed by atoms with E-state index in [4.69, 9.17) is 17.4 Å². The fraction of sp³-hybridized carbons (Fsp3) is 0.188. The highest BCUT2D eigenvalue weighted by Crippen LogP contribution is 2.29. The fourth-order valence-corrected chi connectivity index (χ4v) is 2.82. The molecule has 5 nitrogen and oxygen atoms in total. The molecule has 0 aliphatic carbocycles. The monoisotopic (exact) mass is 403 g/mol. The van der Waals surface area contributed by atoms with Crippen LogP contribution in [0.15, 0.2) is 53.4 Å². The summed E-state index contributed by atoms with van der Waals surface area (Å²) in [6, 6.07) is 10.7. The van der Waals surface area contributed by atoms with Crippen molar-refractivity contribution in [2.24, 2.45) is 5.14 Å². The zero-order chi connectivity index (χ0) is 19.4. The minimum Gasteiger partial charge on any atom is -0.362 e. The van der Waals surface area contributed by atoms with Gasteiger partial charge in [-0.2, -0.15) is 13.2 Å². The van der Waals surface area contributed by atoms with Crippen LogP contribution in [0.2, 0.25) is 0 Å². The van der Waals surface area contributed by atoms with Gasteiger partial charge in [0, 0.05) is 12.2 Å². The van der Waals surface area contributed by atoms with Crippen LogP contribution in [-0.2, 0) is 22.6 Å². The summed E-state index contributed by atoms with van der Waals surface area (Å²) < 4.78 is 59.9. The summed E-state index contributed by atoms with van der Waals surface area (Å²) in [7, 11) is -3.72. The second-order valence-electron chi connectivity index (χ2n) is 5.39. The number of hydrogen-bond acceptors (Lipinski definition) is 3. The van der Waals surface area contributed by atoms with E-state index in [1.54, 1.807) is 12.1 Å². The van der Waals surface area contributed by atoms with Gasteiger partial charge in [-0.3, -0.25) is 0 Å². The number of nitrogens with two attached hydrogens (primary N) is 1. The number of nitrogens with one attached hydrogen (secondary N) is 2. The molecule has 0 saturated heterocycles. The summed E-state index contributed by atoms with van der Waals surface area (Å²) in [6.45, 7) is 0.460. The average Bonchev–Trinajstić information content (AvgIpc) is 2.54. The molecule has 0 radical (unpaired) electrons. The van der Waals surface area contributed by atoms with Gasteiger partial charge in [0.25, 0.3) is 0 Å². The van der Waals surface area contributed by atoms with Crippen LogP contribution in [0, 0.1) is 0 Å². The van der Waals surface area contributed by atoms with Gasteiger partial charge in [0.1, 0.15) is 0 Å². The number of alkyl halides is 3. The zero-order valence-electron chi connectivity index (χ0n) is 13.4. The van der Waals surface area contributed by atoms with Crippen LogP contribution in [-0.4, -0.2) is 20.1 Å². The van der Waals surface area contributed by atoms with Crippen LogP contribution < -0.4 is 15.8 Å². The molecule has 2 aromatic rings. The summed E-state index contributed by atoms with van der Waals surface area (Å²) >= 11 is 5.09. The first-order valence-corrected chi connectivity index (χ1v) is 9.35. The van der Waals surface area contributed by atoms with Crippen LogP contribution in [0.1, 0.15) is 11.1 Å². The number of primary sulfonamides is 1. The predicted molar refractivity (Wildman–Crippen MR) is 97.2 cm³/mol. The molecule has 140 valence electrons. The van der Waals surface area contributed by atoms with Gasteiger partial charge in [0.05, 0.1) is 10.5 Å². The van der Waals surface area contributed by atoms with Crippen molar-refractivity contribution in [2.45, 2.75) is 17.5 Å². The number of thiocarbonyl (C=S) groups is 1. The van der Waals surface area contributed by atoms with Crippen molar-refractivity contribution in [3.8, 4) is 0 Å². The molecule has 2 aromatic carbocycles. The van der Waals surface area contributed by atoms with Crippen molar-refractivity contribution < 1.29 is 21.6 Å². The van der Waals surface area contributed by atoms with Gasteiger partial charge in [-0.1, -0.05) is 12.1 Å². The van der Waals surface area contributed by atoms with Crippen molar-refractivity contribution in [1.82, 2.24) is 5.32 Å². The summed E-state index contributed by atoms with van der Waals surface area (Å²) in [5, 5.41) is 11.0. The molecule has 0 saturated carbocycles. The third-order valence-corrected chi connectivity index (χ3v) is 4.60. The van der Waals surface area contributed by atoms with E-state index in [1.807, 2.05) is 0 Å². The number of halogens is 3. The molecule has 0 atom stereocenters. The Balaban J connectivity index is 1.82. The minimum atomic E-state index is -4.38. The zero-order valence-corrected chi connectivity index (χ0v) is 15.0. The van der Waals surface area contributed by atoms with E-state index in [9.17, 15) is 21.6 Å². The minimum absolute atomic E-state index is 0.0358. The van der Waals surface area contributed by atoms with E-state index in [1.165, 1.54) is 24.3 Å². The topological polar surface area (TPSA) is 84.2 Å². The maximum absolute atomic E-state index is 12.5. The lowest BCUT2D eigenvalue weighted by Crippen LogP contribution is -2.30. The number of sulfonamides is 1. The average molecular weight is 403 g/mol. The lowest BCUT2D eigenvalue weighted by atomic mass is 10.1. The maximum Gasteiger partial charge on any atom is 0.416 e. The Morgan fingerprint density at radius 2 is 1.62 bits per heavy atom. The smallest absolute Gasteiger partial charge is 0.362 e. The fourth-order valence-electron chi connectivity index (χ4n) is 2.08. The Hall–Kier alpha value is -2.17. The highest BCUT2D eigenvalue weighted by atomic mass is 32.2. The molecule has 0 aromatic heterocycles. The highest BCUT2D eigenvalue weighted by molar-refractivity contribution is 7.89. The first-order chi connectivity index (χ1) is 12.1. The van der Waals surface area contributed by atoms with Gasteiger partial charge >= 0.3 is 6.18 Å². The van der Waals surface area contributed by atoms with E-state index >= 15 is 0 Å². The number of anilines is 1. The van der Waals surface area contributed by atoms with Crippen LogP contribution in [0.5, 0.6) is 0 Å². The molecule has 4 N–H and O–H groups in total. The Kier molecular flexibility index (Phi) is 6.21. The Morgan fingerprint density at radius 1 is 1.04 bits per heavy atom. The lowest BCUT2D eigenvalue weighted by molar-refractivity contribution is -0.137. The van der Waals surface area contributed by atoms with Crippen LogP contribution >= 0.6 is 12.2 Å². The third-order valence-electron chi connectivity index (χ3n) is 3.42. The van der Waals surface area contributed by atoms with E-state index in [2.05, 4.69) is 10.6 Å². The van der Waals surface area contributed by atoms with E-state index in [0.29, 0.717) is 18.7 Å². The predicted octanol–water partition coefficient (Wildman–Crippen LogP) is 2.88. The molecule has 0 bridgehead atoms. The van der Waals surface area contributed by atoms with E-state index in [0.717, 1.165) is 17.7 Å². The van der Waals surface area contributed by atoms with Gasteiger partial charge in [-0.25, -0.2) is 13.6 Å². The molecule has 0 fully saturated rings. The maximum atomic E-state index is 12.5. The largest absolute Gasteiger partial charge is 0.416 e. The first kappa shape index (κ1) is 20.1. The lowest BCUT2D eigenvalue weighted by Gasteiger charge is -2.12. The molecule has 0 spiro atoms.